The Balaban J connectivity index is 1.91. The van der Waals surface area contributed by atoms with Crippen LogP contribution in [0.3, 0.4) is 0 Å². The molecule has 7 nitrogen and oxygen atoms in total. The molecule has 37 heavy (non-hydrogen) atoms. The molecule has 0 aliphatic carbocycles. The number of nitrogens with zero attached hydrogens (tertiary/aromatic N) is 2. The molecule has 0 heterocycles. The molecule has 0 saturated heterocycles. The molecule has 1 amide bonds. The summed E-state index contributed by atoms with van der Waals surface area (Å²) < 4.78 is 33.6. The molecule has 0 spiro atoms. The maximum absolute atomic E-state index is 13.6. The normalized spacial score (nSPS) is 12.2. The zero-order valence-electron chi connectivity index (χ0n) is 21.9. The van der Waals surface area contributed by atoms with E-state index >= 15 is 0 Å². The fraction of sp³-hybridized carbons (Fsp3) is 0.286. The number of amides is 1. The van der Waals surface area contributed by atoms with Crippen LogP contribution in [0.4, 0.5) is 5.69 Å². The van der Waals surface area contributed by atoms with E-state index in [1.807, 2.05) is 31.2 Å². The first-order valence-electron chi connectivity index (χ1n) is 11.7. The monoisotopic (exact) mass is 541 g/mol. The smallest absolute Gasteiger partial charge is 0.264 e. The Labute approximate surface area is 224 Å². The maximum Gasteiger partial charge on any atom is 0.264 e. The Bertz CT molecular complexity index is 1390. The van der Waals surface area contributed by atoms with Crippen molar-refractivity contribution in [2.75, 3.05) is 18.0 Å². The molecule has 3 aromatic rings. The van der Waals surface area contributed by atoms with Gasteiger partial charge in [0.05, 0.1) is 23.4 Å². The Morgan fingerprint density at radius 3 is 2.22 bits per heavy atom. The maximum atomic E-state index is 13.6. The highest BCUT2D eigenvalue weighted by Crippen LogP contribution is 2.34. The van der Waals surface area contributed by atoms with Crippen molar-refractivity contribution >= 4 is 38.9 Å². The largest absolute Gasteiger partial charge is 0.495 e. The second kappa shape index (κ2) is 11.4. The van der Waals surface area contributed by atoms with Gasteiger partial charge in [-0.25, -0.2) is 13.8 Å². The van der Waals surface area contributed by atoms with Crippen molar-refractivity contribution in [3.8, 4) is 5.75 Å². The molecule has 0 saturated carbocycles. The van der Waals surface area contributed by atoms with E-state index in [2.05, 4.69) is 31.3 Å². The molecule has 0 fully saturated rings. The molecule has 0 aromatic heterocycles. The lowest BCUT2D eigenvalue weighted by Gasteiger charge is -2.25. The molecular weight excluding hydrogens is 510 g/mol. The van der Waals surface area contributed by atoms with Crippen molar-refractivity contribution < 1.29 is 17.9 Å². The van der Waals surface area contributed by atoms with Crippen LogP contribution in [0.2, 0.25) is 5.02 Å². The number of sulfonamides is 1. The van der Waals surface area contributed by atoms with E-state index in [9.17, 15) is 13.2 Å². The van der Waals surface area contributed by atoms with E-state index < -0.39 is 22.5 Å². The van der Waals surface area contributed by atoms with Crippen molar-refractivity contribution in [2.45, 2.75) is 44.9 Å². The van der Waals surface area contributed by atoms with E-state index in [-0.39, 0.29) is 21.7 Å². The fourth-order valence-electron chi connectivity index (χ4n) is 3.58. The van der Waals surface area contributed by atoms with Crippen LogP contribution in [-0.4, -0.2) is 33.7 Å². The van der Waals surface area contributed by atoms with Crippen molar-refractivity contribution in [3.05, 3.63) is 88.4 Å². The van der Waals surface area contributed by atoms with Gasteiger partial charge in [-0.3, -0.25) is 9.10 Å². The van der Waals surface area contributed by atoms with Crippen LogP contribution in [0.25, 0.3) is 0 Å². The summed E-state index contributed by atoms with van der Waals surface area (Å²) in [6.45, 7) is 9.50. The van der Waals surface area contributed by atoms with E-state index in [0.29, 0.717) is 10.7 Å². The predicted octanol–water partition coefficient (Wildman–Crippen LogP) is 5.69. The number of rotatable bonds is 8. The number of hydrogen-bond acceptors (Lipinski definition) is 5. The highest BCUT2D eigenvalue weighted by Gasteiger charge is 2.29. The number of methoxy groups -OCH3 is 1. The van der Waals surface area contributed by atoms with Gasteiger partial charge < -0.3 is 4.74 Å². The van der Waals surface area contributed by atoms with Crippen LogP contribution in [0.15, 0.2) is 76.7 Å². The number of benzene rings is 3. The number of hydrogen-bond donors (Lipinski definition) is 1. The number of aryl methyl sites for hydroxylation is 1. The Morgan fingerprint density at radius 2 is 1.65 bits per heavy atom. The number of carbonyl (C=O) groups excluding carboxylic acids is 1. The van der Waals surface area contributed by atoms with Crippen LogP contribution < -0.4 is 14.5 Å². The zero-order chi connectivity index (χ0) is 27.4. The molecule has 3 aromatic carbocycles. The SMILES string of the molecule is COc1ccc(Cl)cc1N(CC(=O)N/N=C(/C)c1ccc(C(C)(C)C)cc1)S(=O)(=O)c1ccc(C)cc1. The summed E-state index contributed by atoms with van der Waals surface area (Å²) in [5, 5.41) is 4.50. The lowest BCUT2D eigenvalue weighted by atomic mass is 9.86. The van der Waals surface area contributed by atoms with Crippen LogP contribution >= 0.6 is 11.6 Å². The summed E-state index contributed by atoms with van der Waals surface area (Å²) in [5.41, 5.74) is 6.16. The first kappa shape index (κ1) is 28.2. The summed E-state index contributed by atoms with van der Waals surface area (Å²) in [4.78, 5) is 13.0. The summed E-state index contributed by atoms with van der Waals surface area (Å²) in [6.07, 6.45) is 0. The van der Waals surface area contributed by atoms with Crippen molar-refractivity contribution in [1.29, 1.82) is 0 Å². The van der Waals surface area contributed by atoms with Crippen molar-refractivity contribution in [2.24, 2.45) is 5.10 Å². The van der Waals surface area contributed by atoms with E-state index in [4.69, 9.17) is 16.3 Å². The van der Waals surface area contributed by atoms with Gasteiger partial charge in [0, 0.05) is 5.02 Å². The quantitative estimate of drug-likeness (QED) is 0.293. The number of ether oxygens (including phenoxy) is 1. The molecule has 0 unspecified atom stereocenters. The molecule has 3 rings (SSSR count). The van der Waals surface area contributed by atoms with E-state index in [1.54, 1.807) is 31.2 Å². The van der Waals surface area contributed by atoms with Gasteiger partial charge in [-0.15, -0.1) is 0 Å². The minimum Gasteiger partial charge on any atom is -0.495 e. The Morgan fingerprint density at radius 1 is 1.03 bits per heavy atom. The van der Waals surface area contributed by atoms with Gasteiger partial charge >= 0.3 is 0 Å². The minimum atomic E-state index is -4.14. The molecule has 9 heteroatoms. The lowest BCUT2D eigenvalue weighted by molar-refractivity contribution is -0.119. The summed E-state index contributed by atoms with van der Waals surface area (Å²) in [5.74, 6) is -0.366. The number of carbonyl (C=O) groups is 1. The third-order valence-corrected chi connectivity index (χ3v) is 7.83. The van der Waals surface area contributed by atoms with Crippen molar-refractivity contribution in [1.82, 2.24) is 5.43 Å². The zero-order valence-corrected chi connectivity index (χ0v) is 23.4. The molecule has 0 radical (unpaired) electrons. The summed E-state index contributed by atoms with van der Waals surface area (Å²) >= 11 is 6.18. The molecule has 0 bridgehead atoms. The van der Waals surface area contributed by atoms with Gasteiger partial charge in [0.25, 0.3) is 15.9 Å². The molecule has 0 atom stereocenters. The molecule has 196 valence electrons. The first-order chi connectivity index (χ1) is 17.3. The topological polar surface area (TPSA) is 88.1 Å². The number of hydrazone groups is 1. The number of nitrogens with one attached hydrogen (secondary N) is 1. The average Bonchev–Trinajstić information content (AvgIpc) is 2.85. The fourth-order valence-corrected chi connectivity index (χ4v) is 5.17. The highest BCUT2D eigenvalue weighted by molar-refractivity contribution is 7.92. The Hall–Kier alpha value is -3.36. The number of anilines is 1. The average molecular weight is 542 g/mol. The van der Waals surface area contributed by atoms with Crippen LogP contribution in [-0.2, 0) is 20.2 Å². The van der Waals surface area contributed by atoms with Crippen LogP contribution in [0, 0.1) is 6.92 Å². The molecule has 0 aliphatic rings. The second-order valence-electron chi connectivity index (χ2n) is 9.70. The van der Waals surface area contributed by atoms with E-state index in [1.165, 1.54) is 30.9 Å². The van der Waals surface area contributed by atoms with Gasteiger partial charge in [-0.1, -0.05) is 74.3 Å². The molecule has 0 aliphatic heterocycles. The molecule has 1 N–H and O–H groups in total. The van der Waals surface area contributed by atoms with Crippen molar-refractivity contribution in [3.63, 3.8) is 0 Å². The van der Waals surface area contributed by atoms with E-state index in [0.717, 1.165) is 15.4 Å². The first-order valence-corrected chi connectivity index (χ1v) is 13.5. The van der Waals surface area contributed by atoms with Gasteiger partial charge in [-0.2, -0.15) is 5.10 Å². The third kappa shape index (κ3) is 6.90. The predicted molar refractivity (Wildman–Crippen MR) is 149 cm³/mol. The van der Waals surface area contributed by atoms with Crippen LogP contribution in [0.1, 0.15) is 44.4 Å². The Kier molecular flexibility index (Phi) is 8.66. The summed E-state index contributed by atoms with van der Waals surface area (Å²) in [7, 11) is -2.72. The molecular formula is C28H32ClN3O4S. The van der Waals surface area contributed by atoms with Gasteiger partial charge in [0.2, 0.25) is 0 Å². The van der Waals surface area contributed by atoms with Gasteiger partial charge in [0.15, 0.2) is 0 Å². The third-order valence-electron chi connectivity index (χ3n) is 5.82. The summed E-state index contributed by atoms with van der Waals surface area (Å²) in [6, 6.07) is 18.9. The second-order valence-corrected chi connectivity index (χ2v) is 12.0. The lowest BCUT2D eigenvalue weighted by Crippen LogP contribution is -2.40. The van der Waals surface area contributed by atoms with Crippen LogP contribution in [0.5, 0.6) is 5.75 Å². The highest BCUT2D eigenvalue weighted by atomic mass is 35.5. The number of halogens is 1. The van der Waals surface area contributed by atoms with Gasteiger partial charge in [-0.05, 0) is 60.7 Å². The minimum absolute atomic E-state index is 0.0194. The standard InChI is InChI=1S/C28H32ClN3O4S/c1-19-7-14-24(15-8-19)37(34,35)32(25-17-23(29)13-16-26(25)36-6)18-27(33)31-30-20(2)21-9-11-22(12-10-21)28(3,4)5/h7-17H,18H2,1-6H3,(H,31,33)/b30-20-. The van der Waals surface area contributed by atoms with Gasteiger partial charge in [0.1, 0.15) is 12.3 Å².